The molecule has 0 radical (unpaired) electrons. The molecule has 3 nitrogen and oxygen atoms in total. The Bertz CT molecular complexity index is 836. The lowest BCUT2D eigenvalue weighted by molar-refractivity contribution is -0.682. The number of amides is 1. The van der Waals surface area contributed by atoms with Gasteiger partial charge in [-0.3, -0.25) is 4.79 Å². The number of nitrogens with two attached hydrogens (primary N) is 1. The molecule has 3 rings (SSSR count). The average Bonchev–Trinajstić information content (AvgIpc) is 3.19. The fraction of sp³-hybridized carbons (Fsp3) is 0.190. The second kappa shape index (κ2) is 8.99. The monoisotopic (exact) mass is 385 g/mol. The van der Waals surface area contributed by atoms with Crippen LogP contribution >= 0.6 is 22.9 Å². The summed E-state index contributed by atoms with van der Waals surface area (Å²) >= 11 is 7.70. The van der Waals surface area contributed by atoms with Crippen molar-refractivity contribution >= 4 is 28.8 Å². The Morgan fingerprint density at radius 2 is 1.85 bits per heavy atom. The molecule has 0 spiro atoms. The van der Waals surface area contributed by atoms with Crippen LogP contribution in [0.4, 0.5) is 0 Å². The summed E-state index contributed by atoms with van der Waals surface area (Å²) in [6.45, 7) is 2.44. The molecule has 2 atom stereocenters. The van der Waals surface area contributed by atoms with Gasteiger partial charge in [-0.2, -0.15) is 0 Å². The van der Waals surface area contributed by atoms with Crippen LogP contribution in [0.1, 0.15) is 35.0 Å². The molecule has 26 heavy (non-hydrogen) atoms. The van der Waals surface area contributed by atoms with E-state index in [4.69, 9.17) is 11.6 Å². The van der Waals surface area contributed by atoms with E-state index >= 15 is 0 Å². The highest BCUT2D eigenvalue weighted by atomic mass is 35.5. The van der Waals surface area contributed by atoms with Crippen LogP contribution in [-0.4, -0.2) is 12.5 Å². The summed E-state index contributed by atoms with van der Waals surface area (Å²) in [6.07, 6.45) is 0. The number of hydrogen-bond acceptors (Lipinski definition) is 2. The molecule has 1 heterocycles. The number of carbonyl (C=O) groups is 1. The molecule has 0 aliphatic carbocycles. The molecule has 0 fully saturated rings. The smallest absolute Gasteiger partial charge is 0.275 e. The highest BCUT2D eigenvalue weighted by Crippen LogP contribution is 2.25. The van der Waals surface area contributed by atoms with Gasteiger partial charge in [0.2, 0.25) is 0 Å². The van der Waals surface area contributed by atoms with E-state index in [1.54, 1.807) is 11.3 Å². The summed E-state index contributed by atoms with van der Waals surface area (Å²) in [7, 11) is 0. The van der Waals surface area contributed by atoms with Gasteiger partial charge in [0, 0.05) is 15.5 Å². The molecular formula is C21H22ClN2OS+. The normalized spacial score (nSPS) is 13.2. The van der Waals surface area contributed by atoms with Gasteiger partial charge in [-0.15, -0.1) is 11.3 Å². The minimum absolute atomic E-state index is 0.0149. The first kappa shape index (κ1) is 18.6. The lowest BCUT2D eigenvalue weighted by atomic mass is 10.1. The van der Waals surface area contributed by atoms with Gasteiger partial charge in [-0.1, -0.05) is 60.1 Å². The largest absolute Gasteiger partial charge is 0.339 e. The summed E-state index contributed by atoms with van der Waals surface area (Å²) in [5.41, 5.74) is 2.20. The van der Waals surface area contributed by atoms with Gasteiger partial charge in [0.05, 0.1) is 6.04 Å². The standard InChI is InChI=1S/C21H21ClN2OS/c1-15(17-9-5-10-18(22)13-17)23-14-20(25)24-21(19-11-6-12-26-19)16-7-3-2-4-8-16/h2-13,15,21,23H,14H2,1H3,(H,24,25)/p+1/t15-,21+/m0/s1. The topological polar surface area (TPSA) is 45.7 Å². The van der Waals surface area contributed by atoms with Crippen molar-refractivity contribution in [3.8, 4) is 0 Å². The summed E-state index contributed by atoms with van der Waals surface area (Å²) in [4.78, 5) is 13.7. The van der Waals surface area contributed by atoms with Crippen LogP contribution in [0.3, 0.4) is 0 Å². The predicted molar refractivity (Wildman–Crippen MR) is 107 cm³/mol. The molecule has 1 aromatic heterocycles. The van der Waals surface area contributed by atoms with Crippen molar-refractivity contribution in [3.05, 3.63) is 93.1 Å². The highest BCUT2D eigenvalue weighted by molar-refractivity contribution is 7.10. The number of hydrogen-bond donors (Lipinski definition) is 2. The molecule has 0 bridgehead atoms. The van der Waals surface area contributed by atoms with E-state index in [9.17, 15) is 4.79 Å². The minimum atomic E-state index is -0.112. The van der Waals surface area contributed by atoms with Gasteiger partial charge in [0.1, 0.15) is 6.04 Å². The number of rotatable bonds is 7. The van der Waals surface area contributed by atoms with Crippen LogP contribution in [0.15, 0.2) is 72.1 Å². The van der Waals surface area contributed by atoms with Crippen molar-refractivity contribution in [1.82, 2.24) is 5.32 Å². The third-order valence-corrected chi connectivity index (χ3v) is 5.47. The zero-order valence-electron chi connectivity index (χ0n) is 14.6. The zero-order chi connectivity index (χ0) is 18.4. The second-order valence-electron chi connectivity index (χ2n) is 6.21. The first-order chi connectivity index (χ1) is 12.6. The molecular weight excluding hydrogens is 364 g/mol. The van der Waals surface area contributed by atoms with Crippen molar-refractivity contribution in [2.45, 2.75) is 19.0 Å². The molecule has 0 aliphatic rings. The van der Waals surface area contributed by atoms with Crippen molar-refractivity contribution in [2.75, 3.05) is 6.54 Å². The van der Waals surface area contributed by atoms with Crippen LogP contribution in [-0.2, 0) is 4.79 Å². The number of benzene rings is 2. The van der Waals surface area contributed by atoms with Crippen molar-refractivity contribution in [3.63, 3.8) is 0 Å². The molecule has 0 aliphatic heterocycles. The van der Waals surface area contributed by atoms with E-state index in [0.29, 0.717) is 11.6 Å². The van der Waals surface area contributed by atoms with Gasteiger partial charge in [0.15, 0.2) is 6.54 Å². The zero-order valence-corrected chi connectivity index (χ0v) is 16.1. The minimum Gasteiger partial charge on any atom is -0.339 e. The summed E-state index contributed by atoms with van der Waals surface area (Å²) in [6, 6.07) is 21.9. The number of halogens is 1. The summed E-state index contributed by atoms with van der Waals surface area (Å²) in [5.74, 6) is 0.0149. The van der Waals surface area contributed by atoms with Crippen molar-refractivity contribution in [1.29, 1.82) is 0 Å². The number of thiophene rings is 1. The molecule has 0 saturated carbocycles. The summed E-state index contributed by atoms with van der Waals surface area (Å²) < 4.78 is 0. The van der Waals surface area contributed by atoms with E-state index in [1.165, 1.54) is 0 Å². The van der Waals surface area contributed by atoms with Crippen LogP contribution in [0.5, 0.6) is 0 Å². The Balaban J connectivity index is 1.63. The average molecular weight is 386 g/mol. The first-order valence-corrected chi connectivity index (χ1v) is 9.86. The SMILES string of the molecule is C[C@H]([NH2+]CC(=O)N[C@H](c1ccccc1)c1cccs1)c1cccc(Cl)c1. The highest BCUT2D eigenvalue weighted by Gasteiger charge is 2.19. The van der Waals surface area contributed by atoms with Gasteiger partial charge in [-0.05, 0) is 36.1 Å². The molecule has 0 unspecified atom stereocenters. The first-order valence-electron chi connectivity index (χ1n) is 8.60. The molecule has 5 heteroatoms. The van der Waals surface area contributed by atoms with Crippen LogP contribution < -0.4 is 10.6 Å². The third kappa shape index (κ3) is 4.94. The second-order valence-corrected chi connectivity index (χ2v) is 7.63. The summed E-state index contributed by atoms with van der Waals surface area (Å²) in [5, 5.41) is 7.94. The lowest BCUT2D eigenvalue weighted by Crippen LogP contribution is -2.87. The van der Waals surface area contributed by atoms with E-state index < -0.39 is 0 Å². The van der Waals surface area contributed by atoms with E-state index in [1.807, 2.05) is 71.4 Å². The number of nitrogens with one attached hydrogen (secondary N) is 1. The van der Waals surface area contributed by atoms with Gasteiger partial charge >= 0.3 is 0 Å². The van der Waals surface area contributed by atoms with E-state index in [2.05, 4.69) is 18.3 Å². The number of quaternary nitrogens is 1. The van der Waals surface area contributed by atoms with E-state index in [0.717, 1.165) is 16.0 Å². The molecule has 0 saturated heterocycles. The number of carbonyl (C=O) groups excluding carboxylic acids is 1. The van der Waals surface area contributed by atoms with Crippen LogP contribution in [0, 0.1) is 0 Å². The maximum Gasteiger partial charge on any atom is 0.275 e. The van der Waals surface area contributed by atoms with Gasteiger partial charge in [0.25, 0.3) is 5.91 Å². The Morgan fingerprint density at radius 3 is 2.54 bits per heavy atom. The Labute approximate surface area is 163 Å². The van der Waals surface area contributed by atoms with Crippen molar-refractivity contribution in [2.24, 2.45) is 0 Å². The van der Waals surface area contributed by atoms with E-state index in [-0.39, 0.29) is 18.0 Å². The van der Waals surface area contributed by atoms with Gasteiger partial charge < -0.3 is 10.6 Å². The Hall–Kier alpha value is -2.14. The van der Waals surface area contributed by atoms with Crippen LogP contribution in [0.2, 0.25) is 5.02 Å². The molecule has 134 valence electrons. The quantitative estimate of drug-likeness (QED) is 0.636. The Morgan fingerprint density at radius 1 is 1.08 bits per heavy atom. The fourth-order valence-electron chi connectivity index (χ4n) is 2.85. The molecule has 3 N–H and O–H groups in total. The lowest BCUT2D eigenvalue weighted by Gasteiger charge is -2.18. The Kier molecular flexibility index (Phi) is 6.45. The predicted octanol–water partition coefficient (Wildman–Crippen LogP) is 3.93. The molecule has 1 amide bonds. The third-order valence-electron chi connectivity index (χ3n) is 4.30. The fourth-order valence-corrected chi connectivity index (χ4v) is 3.85. The molecule has 3 aromatic rings. The maximum absolute atomic E-state index is 12.6. The van der Waals surface area contributed by atoms with Gasteiger partial charge in [-0.25, -0.2) is 0 Å². The van der Waals surface area contributed by atoms with Crippen LogP contribution in [0.25, 0.3) is 0 Å². The van der Waals surface area contributed by atoms with Crippen molar-refractivity contribution < 1.29 is 10.1 Å². The maximum atomic E-state index is 12.6. The molecule has 2 aromatic carbocycles.